The number of rotatable bonds is 4. The van der Waals surface area contributed by atoms with Crippen LogP contribution in [0.15, 0.2) is 24.3 Å². The van der Waals surface area contributed by atoms with Gasteiger partial charge >= 0.3 is 0 Å². The van der Waals surface area contributed by atoms with Crippen molar-refractivity contribution in [1.82, 2.24) is 15.2 Å². The number of anilines is 1. The van der Waals surface area contributed by atoms with E-state index in [2.05, 4.69) is 15.2 Å². The van der Waals surface area contributed by atoms with Gasteiger partial charge in [-0.05, 0) is 37.1 Å². The van der Waals surface area contributed by atoms with E-state index in [1.165, 1.54) is 32.1 Å². The molecular formula is C15H20N4O. The number of benzene rings is 1. The first kappa shape index (κ1) is 13.0. The molecule has 3 N–H and O–H groups in total. The highest BCUT2D eigenvalue weighted by Gasteiger charge is 2.19. The highest BCUT2D eigenvalue weighted by Crippen LogP contribution is 2.30. The number of ether oxygens (including phenoxy) is 1. The summed E-state index contributed by atoms with van der Waals surface area (Å²) in [6.07, 6.45) is 6.33. The molecule has 0 bridgehead atoms. The molecule has 2 aromatic rings. The van der Waals surface area contributed by atoms with Crippen LogP contribution in [-0.4, -0.2) is 15.2 Å². The number of aromatic amines is 1. The molecule has 0 amide bonds. The average molecular weight is 272 g/mol. The van der Waals surface area contributed by atoms with E-state index in [0.29, 0.717) is 12.5 Å². The van der Waals surface area contributed by atoms with Gasteiger partial charge in [0, 0.05) is 11.6 Å². The zero-order chi connectivity index (χ0) is 13.8. The van der Waals surface area contributed by atoms with Crippen molar-refractivity contribution in [3.63, 3.8) is 0 Å². The summed E-state index contributed by atoms with van der Waals surface area (Å²) in [6.45, 7) is 0.406. The van der Waals surface area contributed by atoms with Gasteiger partial charge in [0.05, 0.1) is 0 Å². The molecule has 1 aromatic heterocycles. The van der Waals surface area contributed by atoms with Gasteiger partial charge in [-0.1, -0.05) is 19.3 Å². The van der Waals surface area contributed by atoms with Crippen LogP contribution in [0.2, 0.25) is 0 Å². The predicted octanol–water partition coefficient (Wildman–Crippen LogP) is 3.01. The monoisotopic (exact) mass is 272 g/mol. The molecule has 1 heterocycles. The summed E-state index contributed by atoms with van der Waals surface area (Å²) < 4.78 is 5.66. The van der Waals surface area contributed by atoms with Gasteiger partial charge in [0.25, 0.3) is 0 Å². The number of nitrogens with zero attached hydrogens (tertiary/aromatic N) is 2. The second-order valence-corrected chi connectivity index (χ2v) is 5.33. The SMILES string of the molecule is Nc1ccc(OCc2nc(C3CCCCC3)n[nH]2)cc1. The van der Waals surface area contributed by atoms with Gasteiger partial charge in [-0.25, -0.2) is 4.98 Å². The van der Waals surface area contributed by atoms with Gasteiger partial charge in [-0.3, -0.25) is 5.10 Å². The van der Waals surface area contributed by atoms with Crippen LogP contribution in [0.3, 0.4) is 0 Å². The molecule has 0 atom stereocenters. The first-order valence-electron chi connectivity index (χ1n) is 7.21. The molecular weight excluding hydrogens is 252 g/mol. The highest BCUT2D eigenvalue weighted by molar-refractivity contribution is 5.41. The lowest BCUT2D eigenvalue weighted by atomic mass is 9.89. The zero-order valence-electron chi connectivity index (χ0n) is 11.5. The molecule has 1 saturated carbocycles. The molecule has 0 spiro atoms. The maximum absolute atomic E-state index is 5.66. The Bertz CT molecular complexity index is 543. The van der Waals surface area contributed by atoms with E-state index in [4.69, 9.17) is 10.5 Å². The largest absolute Gasteiger partial charge is 0.486 e. The maximum Gasteiger partial charge on any atom is 0.162 e. The highest BCUT2D eigenvalue weighted by atomic mass is 16.5. The van der Waals surface area contributed by atoms with Crippen LogP contribution < -0.4 is 10.5 Å². The molecule has 106 valence electrons. The number of H-pyrrole nitrogens is 1. The van der Waals surface area contributed by atoms with Crippen molar-refractivity contribution in [2.45, 2.75) is 44.6 Å². The minimum absolute atomic E-state index is 0.406. The third-order valence-corrected chi connectivity index (χ3v) is 3.77. The Labute approximate surface area is 118 Å². The van der Waals surface area contributed by atoms with Crippen molar-refractivity contribution in [2.24, 2.45) is 0 Å². The molecule has 5 heteroatoms. The summed E-state index contributed by atoms with van der Waals surface area (Å²) in [5, 5.41) is 7.30. The number of aromatic nitrogens is 3. The third-order valence-electron chi connectivity index (χ3n) is 3.77. The van der Waals surface area contributed by atoms with Crippen LogP contribution in [0.4, 0.5) is 5.69 Å². The molecule has 1 fully saturated rings. The van der Waals surface area contributed by atoms with Crippen molar-refractivity contribution in [3.8, 4) is 5.75 Å². The summed E-state index contributed by atoms with van der Waals surface area (Å²) >= 11 is 0. The Morgan fingerprint density at radius 2 is 1.90 bits per heavy atom. The number of nitrogen functional groups attached to an aromatic ring is 1. The van der Waals surface area contributed by atoms with Crippen LogP contribution in [0, 0.1) is 0 Å². The molecule has 1 aliphatic carbocycles. The molecule has 0 unspecified atom stereocenters. The number of nitrogens with two attached hydrogens (primary N) is 1. The Morgan fingerprint density at radius 3 is 2.65 bits per heavy atom. The van der Waals surface area contributed by atoms with Crippen molar-refractivity contribution in [2.75, 3.05) is 5.73 Å². The molecule has 20 heavy (non-hydrogen) atoms. The van der Waals surface area contributed by atoms with Crippen LogP contribution >= 0.6 is 0 Å². The summed E-state index contributed by atoms with van der Waals surface area (Å²) in [5.74, 6) is 3.03. The smallest absolute Gasteiger partial charge is 0.162 e. The fourth-order valence-corrected chi connectivity index (χ4v) is 2.63. The van der Waals surface area contributed by atoms with Crippen LogP contribution in [0.1, 0.15) is 49.7 Å². The van der Waals surface area contributed by atoms with Crippen LogP contribution in [-0.2, 0) is 6.61 Å². The molecule has 3 rings (SSSR count). The Morgan fingerprint density at radius 1 is 1.15 bits per heavy atom. The molecule has 0 saturated heterocycles. The Balaban J connectivity index is 1.58. The van der Waals surface area contributed by atoms with Gasteiger partial charge in [0.15, 0.2) is 11.6 Å². The van der Waals surface area contributed by atoms with E-state index in [9.17, 15) is 0 Å². The standard InChI is InChI=1S/C15H20N4O/c16-12-6-8-13(9-7-12)20-10-14-17-15(19-18-14)11-4-2-1-3-5-11/h6-9,11H,1-5,10,16H2,(H,17,18,19). The minimum Gasteiger partial charge on any atom is -0.486 e. The van der Waals surface area contributed by atoms with E-state index in [1.54, 1.807) is 0 Å². The average Bonchev–Trinajstić information content (AvgIpc) is 2.97. The fourth-order valence-electron chi connectivity index (χ4n) is 2.63. The van der Waals surface area contributed by atoms with Gasteiger partial charge < -0.3 is 10.5 Å². The lowest BCUT2D eigenvalue weighted by Crippen LogP contribution is -2.06. The van der Waals surface area contributed by atoms with E-state index in [-0.39, 0.29) is 0 Å². The molecule has 1 aromatic carbocycles. The predicted molar refractivity (Wildman–Crippen MR) is 77.4 cm³/mol. The molecule has 0 radical (unpaired) electrons. The summed E-state index contributed by atoms with van der Waals surface area (Å²) in [7, 11) is 0. The molecule has 0 aliphatic heterocycles. The van der Waals surface area contributed by atoms with E-state index in [1.807, 2.05) is 24.3 Å². The first-order valence-corrected chi connectivity index (χ1v) is 7.21. The summed E-state index contributed by atoms with van der Waals surface area (Å²) in [6, 6.07) is 7.36. The van der Waals surface area contributed by atoms with E-state index in [0.717, 1.165) is 23.1 Å². The second kappa shape index (κ2) is 5.94. The van der Waals surface area contributed by atoms with Gasteiger partial charge in [-0.15, -0.1) is 0 Å². The number of nitrogens with one attached hydrogen (secondary N) is 1. The summed E-state index contributed by atoms with van der Waals surface area (Å²) in [5.41, 5.74) is 6.37. The number of hydrogen-bond donors (Lipinski definition) is 2. The van der Waals surface area contributed by atoms with E-state index >= 15 is 0 Å². The van der Waals surface area contributed by atoms with Crippen LogP contribution in [0.5, 0.6) is 5.75 Å². The first-order chi connectivity index (χ1) is 9.81. The Hall–Kier alpha value is -2.04. The maximum atomic E-state index is 5.66. The van der Waals surface area contributed by atoms with Gasteiger partial charge in [0.1, 0.15) is 12.4 Å². The second-order valence-electron chi connectivity index (χ2n) is 5.33. The van der Waals surface area contributed by atoms with Crippen molar-refractivity contribution in [3.05, 3.63) is 35.9 Å². The summed E-state index contributed by atoms with van der Waals surface area (Å²) in [4.78, 5) is 4.55. The fraction of sp³-hybridized carbons (Fsp3) is 0.467. The normalized spacial score (nSPS) is 16.2. The minimum atomic E-state index is 0.406. The Kier molecular flexibility index (Phi) is 3.85. The zero-order valence-corrected chi connectivity index (χ0v) is 11.5. The van der Waals surface area contributed by atoms with Gasteiger partial charge in [-0.2, -0.15) is 5.10 Å². The quantitative estimate of drug-likeness (QED) is 0.839. The number of hydrogen-bond acceptors (Lipinski definition) is 4. The van der Waals surface area contributed by atoms with Crippen LogP contribution in [0.25, 0.3) is 0 Å². The van der Waals surface area contributed by atoms with Crippen molar-refractivity contribution >= 4 is 5.69 Å². The van der Waals surface area contributed by atoms with Crippen molar-refractivity contribution in [1.29, 1.82) is 0 Å². The third kappa shape index (κ3) is 3.10. The topological polar surface area (TPSA) is 76.8 Å². The molecule has 1 aliphatic rings. The van der Waals surface area contributed by atoms with Crippen molar-refractivity contribution < 1.29 is 4.74 Å². The van der Waals surface area contributed by atoms with E-state index < -0.39 is 0 Å². The van der Waals surface area contributed by atoms with Gasteiger partial charge in [0.2, 0.25) is 0 Å². The lowest BCUT2D eigenvalue weighted by molar-refractivity contribution is 0.296. The molecule has 5 nitrogen and oxygen atoms in total. The lowest BCUT2D eigenvalue weighted by Gasteiger charge is -2.17.